The van der Waals surface area contributed by atoms with Gasteiger partial charge in [0.2, 0.25) is 0 Å². The number of aliphatic hydroxyl groups excluding tert-OH is 1. The Bertz CT molecular complexity index is 106. The van der Waals surface area contributed by atoms with Crippen LogP contribution in [0.2, 0.25) is 0 Å². The fourth-order valence-electron chi connectivity index (χ4n) is 0.452. The van der Waals surface area contributed by atoms with E-state index in [1.54, 1.807) is 0 Å². The molecule has 60 valence electrons. The summed E-state index contributed by atoms with van der Waals surface area (Å²) in [6, 6.07) is 0. The van der Waals surface area contributed by atoms with Gasteiger partial charge in [-0.05, 0) is 0 Å². The average Bonchev–Trinajstić information content (AvgIpc) is 1.85. The topological polar surface area (TPSA) is 81.0 Å². The van der Waals surface area contributed by atoms with Crippen LogP contribution in [0.5, 0.6) is 0 Å². The molecule has 0 aliphatic carbocycles. The lowest BCUT2D eigenvalue weighted by Crippen LogP contribution is -2.25. The number of carbonyl (C=O) groups is 1. The highest BCUT2D eigenvalue weighted by Crippen LogP contribution is 1.84. The molecule has 0 rings (SSSR count). The molecule has 0 aliphatic rings. The maximum Gasteiger partial charge on any atom is 0.304 e. The lowest BCUT2D eigenvalue weighted by molar-refractivity contribution is -0.143. The summed E-state index contributed by atoms with van der Waals surface area (Å²) in [7, 11) is 0. The fraction of sp³-hybridized carbons (Fsp3) is 0.800. The minimum Gasteiger partial charge on any atom is -0.481 e. The minimum absolute atomic E-state index is 0.0515. The molecule has 3 N–H and O–H groups in total. The van der Waals surface area contributed by atoms with E-state index < -0.39 is 5.97 Å². The lowest BCUT2D eigenvalue weighted by Gasteiger charge is -2.10. The van der Waals surface area contributed by atoms with Crippen molar-refractivity contribution in [2.24, 2.45) is 0 Å². The van der Waals surface area contributed by atoms with Crippen LogP contribution >= 0.6 is 0 Å². The second-order valence-electron chi connectivity index (χ2n) is 1.82. The lowest BCUT2D eigenvalue weighted by atomic mass is 10.4. The first-order valence-corrected chi connectivity index (χ1v) is 2.93. The summed E-state index contributed by atoms with van der Waals surface area (Å²) in [6.45, 7) is -0.0285. The van der Waals surface area contributed by atoms with E-state index in [2.05, 4.69) is 0 Å². The van der Waals surface area contributed by atoms with Crippen molar-refractivity contribution in [3.05, 3.63) is 0 Å². The Balaban J connectivity index is 3.21. The van der Waals surface area contributed by atoms with Crippen molar-refractivity contribution in [2.45, 2.75) is 6.42 Å². The van der Waals surface area contributed by atoms with Crippen LogP contribution in [0, 0.1) is 0 Å². The van der Waals surface area contributed by atoms with Gasteiger partial charge in [-0.15, -0.1) is 0 Å². The molecular weight excluding hydrogens is 138 g/mol. The van der Waals surface area contributed by atoms with Gasteiger partial charge in [0, 0.05) is 13.1 Å². The molecule has 0 radical (unpaired) electrons. The van der Waals surface area contributed by atoms with E-state index in [-0.39, 0.29) is 26.1 Å². The fourth-order valence-corrected chi connectivity index (χ4v) is 0.452. The molecule has 10 heavy (non-hydrogen) atoms. The maximum absolute atomic E-state index is 9.91. The van der Waals surface area contributed by atoms with Gasteiger partial charge in [0.25, 0.3) is 0 Å². The summed E-state index contributed by atoms with van der Waals surface area (Å²) in [6.07, 6.45) is -0.115. The molecule has 5 heteroatoms. The van der Waals surface area contributed by atoms with Crippen molar-refractivity contribution < 1.29 is 20.2 Å². The monoisotopic (exact) mass is 149 g/mol. The van der Waals surface area contributed by atoms with Gasteiger partial charge in [-0.25, -0.2) is 0 Å². The SMILES string of the molecule is O=C(O)CCN(O)CCO. The second-order valence-corrected chi connectivity index (χ2v) is 1.82. The predicted molar refractivity (Wildman–Crippen MR) is 32.7 cm³/mol. The molecule has 0 aliphatic heterocycles. The smallest absolute Gasteiger partial charge is 0.304 e. The van der Waals surface area contributed by atoms with Crippen LogP contribution in [0.15, 0.2) is 0 Å². The number of hydrogen-bond donors (Lipinski definition) is 3. The van der Waals surface area contributed by atoms with Crippen LogP contribution in [0.25, 0.3) is 0 Å². The zero-order valence-corrected chi connectivity index (χ0v) is 5.53. The third-order valence-electron chi connectivity index (χ3n) is 0.942. The molecule has 0 saturated heterocycles. The molecule has 0 fully saturated rings. The molecule has 0 amide bonds. The molecule has 0 aromatic rings. The third kappa shape index (κ3) is 5.49. The zero-order valence-electron chi connectivity index (χ0n) is 5.53. The number of aliphatic carboxylic acids is 1. The first-order valence-electron chi connectivity index (χ1n) is 2.93. The molecule has 0 unspecified atom stereocenters. The number of hydroxylamine groups is 2. The normalized spacial score (nSPS) is 10.3. The first-order chi connectivity index (χ1) is 4.66. The quantitative estimate of drug-likeness (QED) is 0.443. The van der Waals surface area contributed by atoms with Crippen molar-refractivity contribution in [2.75, 3.05) is 19.7 Å². The highest BCUT2D eigenvalue weighted by Gasteiger charge is 2.01. The molecule has 0 atom stereocenters. The molecular formula is C5H11NO4. The van der Waals surface area contributed by atoms with Crippen LogP contribution in [0.1, 0.15) is 6.42 Å². The molecule has 5 nitrogen and oxygen atoms in total. The zero-order chi connectivity index (χ0) is 7.98. The highest BCUT2D eigenvalue weighted by atomic mass is 16.5. The Labute approximate surface area is 58.5 Å². The van der Waals surface area contributed by atoms with E-state index in [1.165, 1.54) is 0 Å². The van der Waals surface area contributed by atoms with Crippen molar-refractivity contribution in [3.8, 4) is 0 Å². The third-order valence-corrected chi connectivity index (χ3v) is 0.942. The highest BCUT2D eigenvalue weighted by molar-refractivity contribution is 5.66. The van der Waals surface area contributed by atoms with Gasteiger partial charge in [-0.3, -0.25) is 4.79 Å². The Kier molecular flexibility index (Phi) is 4.82. The van der Waals surface area contributed by atoms with Gasteiger partial charge in [0.05, 0.1) is 13.0 Å². The largest absolute Gasteiger partial charge is 0.481 e. The number of aliphatic hydroxyl groups is 1. The van der Waals surface area contributed by atoms with Crippen LogP contribution in [0.4, 0.5) is 0 Å². The molecule has 0 heterocycles. The van der Waals surface area contributed by atoms with Crippen molar-refractivity contribution in [1.29, 1.82) is 0 Å². The first kappa shape index (κ1) is 9.35. The molecule has 0 aromatic heterocycles. The summed E-state index contributed by atoms with van der Waals surface area (Å²) in [5.74, 6) is -0.961. The number of carboxylic acids is 1. The Hall–Kier alpha value is -0.650. The number of rotatable bonds is 5. The molecule has 0 bridgehead atoms. The minimum atomic E-state index is -0.961. The standard InChI is InChI=1S/C5H11NO4/c7-4-3-6(10)2-1-5(8)9/h7,10H,1-4H2,(H,8,9). The van der Waals surface area contributed by atoms with Crippen LogP contribution < -0.4 is 0 Å². The molecule has 0 aromatic carbocycles. The van der Waals surface area contributed by atoms with Gasteiger partial charge in [-0.1, -0.05) is 0 Å². The van der Waals surface area contributed by atoms with Gasteiger partial charge in [-0.2, -0.15) is 5.06 Å². The maximum atomic E-state index is 9.91. The number of carboxylic acid groups (broad SMARTS) is 1. The summed E-state index contributed by atoms with van der Waals surface area (Å²) in [5, 5.41) is 25.9. The molecule has 0 spiro atoms. The van der Waals surface area contributed by atoms with E-state index in [0.29, 0.717) is 0 Å². The second kappa shape index (κ2) is 5.16. The van der Waals surface area contributed by atoms with Crippen LogP contribution in [-0.2, 0) is 4.79 Å². The Morgan fingerprint density at radius 3 is 2.40 bits per heavy atom. The van der Waals surface area contributed by atoms with E-state index in [9.17, 15) is 4.79 Å². The summed E-state index contributed by atoms with van der Waals surface area (Å²) in [5.41, 5.74) is 0. The van der Waals surface area contributed by atoms with Crippen molar-refractivity contribution >= 4 is 5.97 Å². The summed E-state index contributed by atoms with van der Waals surface area (Å²) >= 11 is 0. The van der Waals surface area contributed by atoms with Gasteiger partial charge in [0.1, 0.15) is 0 Å². The summed E-state index contributed by atoms with van der Waals surface area (Å²) in [4.78, 5) is 9.91. The van der Waals surface area contributed by atoms with Crippen LogP contribution in [0.3, 0.4) is 0 Å². The van der Waals surface area contributed by atoms with E-state index >= 15 is 0 Å². The van der Waals surface area contributed by atoms with Crippen molar-refractivity contribution in [3.63, 3.8) is 0 Å². The Morgan fingerprint density at radius 2 is 2.00 bits per heavy atom. The average molecular weight is 149 g/mol. The van der Waals surface area contributed by atoms with Crippen molar-refractivity contribution in [1.82, 2.24) is 5.06 Å². The van der Waals surface area contributed by atoms with Crippen LogP contribution in [-0.4, -0.2) is 46.1 Å². The predicted octanol–water partition coefficient (Wildman–Crippen LogP) is -0.855. The van der Waals surface area contributed by atoms with Gasteiger partial charge in [0.15, 0.2) is 0 Å². The number of hydrogen-bond acceptors (Lipinski definition) is 4. The van der Waals surface area contributed by atoms with Gasteiger partial charge < -0.3 is 15.4 Å². The van der Waals surface area contributed by atoms with E-state index in [1.807, 2.05) is 0 Å². The number of nitrogens with zero attached hydrogens (tertiary/aromatic N) is 1. The Morgan fingerprint density at radius 1 is 1.40 bits per heavy atom. The van der Waals surface area contributed by atoms with Gasteiger partial charge >= 0.3 is 5.97 Å². The molecule has 0 saturated carbocycles. The van der Waals surface area contributed by atoms with E-state index in [0.717, 1.165) is 5.06 Å². The summed E-state index contributed by atoms with van der Waals surface area (Å²) < 4.78 is 0. The van der Waals surface area contributed by atoms with E-state index in [4.69, 9.17) is 15.4 Å².